The maximum absolute atomic E-state index is 10.7. The first-order valence-corrected chi connectivity index (χ1v) is 7.18. The average molecular weight is 315 g/mol. The molecule has 2 aromatic rings. The Morgan fingerprint density at radius 1 is 1.05 bits per heavy atom. The molecule has 0 aliphatic carbocycles. The fourth-order valence-corrected chi connectivity index (χ4v) is 2.39. The van der Waals surface area contributed by atoms with Gasteiger partial charge in [0.2, 0.25) is 0 Å². The van der Waals surface area contributed by atoms with Crippen LogP contribution in [0.3, 0.4) is 0 Å². The quantitative estimate of drug-likeness (QED) is 0.501. The number of non-ortho nitro benzene ring substituents is 1. The topological polar surface area (TPSA) is 67.2 Å². The molecule has 0 fully saturated rings. The highest BCUT2D eigenvalue weighted by Crippen LogP contribution is 2.23. The van der Waals surface area contributed by atoms with Crippen LogP contribution in [-0.4, -0.2) is 10.0 Å². The van der Waals surface area contributed by atoms with Gasteiger partial charge in [-0.15, -0.1) is 0 Å². The number of nitrogens with zero attached hydrogens (tertiary/aromatic N) is 1. The van der Waals surface area contributed by atoms with Gasteiger partial charge in [-0.25, -0.2) is 0 Å². The molecule has 0 amide bonds. The van der Waals surface area contributed by atoms with Crippen molar-refractivity contribution in [1.82, 2.24) is 0 Å². The lowest BCUT2D eigenvalue weighted by atomic mass is 10.1. The van der Waals surface area contributed by atoms with Gasteiger partial charge in [0.25, 0.3) is 5.69 Å². The van der Waals surface area contributed by atoms with Gasteiger partial charge in [-0.3, -0.25) is 10.1 Å². The third-order valence-electron chi connectivity index (χ3n) is 3.39. The summed E-state index contributed by atoms with van der Waals surface area (Å²) in [5.41, 5.74) is 4.75. The van der Waals surface area contributed by atoms with Crippen LogP contribution < -0.4 is 10.6 Å². The van der Waals surface area contributed by atoms with Gasteiger partial charge in [-0.2, -0.15) is 0 Å². The normalized spacial score (nSPS) is 10.1. The first-order valence-electron chi connectivity index (χ1n) is 6.77. The van der Waals surface area contributed by atoms with E-state index in [1.54, 1.807) is 13.0 Å². The zero-order valence-electron chi connectivity index (χ0n) is 12.6. The molecule has 0 saturated heterocycles. The third-order valence-corrected chi connectivity index (χ3v) is 3.59. The van der Waals surface area contributed by atoms with Crippen molar-refractivity contribution in [1.29, 1.82) is 0 Å². The summed E-state index contributed by atoms with van der Waals surface area (Å²) in [5, 5.41) is 17.5. The van der Waals surface area contributed by atoms with Crippen molar-refractivity contribution in [3.8, 4) is 0 Å². The fourth-order valence-electron chi connectivity index (χ4n) is 2.18. The van der Waals surface area contributed by atoms with E-state index in [1.807, 2.05) is 32.0 Å². The molecule has 6 heteroatoms. The predicted molar refractivity (Wildman–Crippen MR) is 93.6 cm³/mol. The number of aryl methyl sites for hydroxylation is 3. The summed E-state index contributed by atoms with van der Waals surface area (Å²) >= 11 is 5.33. The Morgan fingerprint density at radius 3 is 2.23 bits per heavy atom. The van der Waals surface area contributed by atoms with Gasteiger partial charge in [0.1, 0.15) is 0 Å². The molecule has 0 atom stereocenters. The van der Waals surface area contributed by atoms with E-state index in [-0.39, 0.29) is 5.69 Å². The minimum atomic E-state index is -0.413. The van der Waals surface area contributed by atoms with Crippen LogP contribution in [0, 0.1) is 30.9 Å². The number of thiocarbonyl (C=S) groups is 1. The number of hydrogen-bond acceptors (Lipinski definition) is 3. The van der Waals surface area contributed by atoms with Gasteiger partial charge >= 0.3 is 0 Å². The second-order valence-electron chi connectivity index (χ2n) is 5.10. The van der Waals surface area contributed by atoms with Gasteiger partial charge in [0.15, 0.2) is 5.11 Å². The molecule has 2 N–H and O–H groups in total. The molecule has 0 aliphatic heterocycles. The zero-order valence-corrected chi connectivity index (χ0v) is 13.5. The van der Waals surface area contributed by atoms with Crippen molar-refractivity contribution in [2.75, 3.05) is 10.6 Å². The Labute approximate surface area is 134 Å². The molecule has 114 valence electrons. The van der Waals surface area contributed by atoms with Crippen molar-refractivity contribution in [2.45, 2.75) is 20.8 Å². The maximum Gasteiger partial charge on any atom is 0.269 e. The van der Waals surface area contributed by atoms with Crippen LogP contribution in [0.5, 0.6) is 0 Å². The van der Waals surface area contributed by atoms with Gasteiger partial charge in [-0.05, 0) is 55.7 Å². The molecule has 0 saturated carbocycles. The Bertz CT molecular complexity index is 724. The van der Waals surface area contributed by atoms with Crippen molar-refractivity contribution in [2.24, 2.45) is 0 Å². The lowest BCUT2D eigenvalue weighted by molar-refractivity contribution is -0.384. The summed E-state index contributed by atoms with van der Waals surface area (Å²) in [5.74, 6) is 0. The summed E-state index contributed by atoms with van der Waals surface area (Å²) in [6, 6.07) is 10.6. The molecule has 0 bridgehead atoms. The van der Waals surface area contributed by atoms with Gasteiger partial charge in [-0.1, -0.05) is 18.2 Å². The largest absolute Gasteiger partial charge is 0.332 e. The minimum Gasteiger partial charge on any atom is -0.332 e. The molecule has 0 radical (unpaired) electrons. The van der Waals surface area contributed by atoms with E-state index in [0.717, 1.165) is 28.1 Å². The summed E-state index contributed by atoms with van der Waals surface area (Å²) in [4.78, 5) is 10.3. The van der Waals surface area contributed by atoms with Crippen molar-refractivity contribution >= 4 is 34.4 Å². The molecule has 0 spiro atoms. The fraction of sp³-hybridized carbons (Fsp3) is 0.188. The van der Waals surface area contributed by atoms with Gasteiger partial charge in [0, 0.05) is 23.5 Å². The first kappa shape index (κ1) is 15.9. The Balaban J connectivity index is 2.14. The highest BCUT2D eigenvalue weighted by atomic mass is 32.1. The second kappa shape index (κ2) is 6.53. The molecule has 5 nitrogen and oxygen atoms in total. The van der Waals surface area contributed by atoms with E-state index in [2.05, 4.69) is 10.6 Å². The van der Waals surface area contributed by atoms with Crippen LogP contribution in [0.25, 0.3) is 0 Å². The number of nitro benzene ring substituents is 1. The van der Waals surface area contributed by atoms with Crippen LogP contribution in [0.2, 0.25) is 0 Å². The molecule has 0 aliphatic rings. The highest BCUT2D eigenvalue weighted by molar-refractivity contribution is 7.80. The van der Waals surface area contributed by atoms with E-state index < -0.39 is 4.92 Å². The smallest absolute Gasteiger partial charge is 0.269 e. The van der Waals surface area contributed by atoms with E-state index in [9.17, 15) is 10.1 Å². The van der Waals surface area contributed by atoms with Crippen LogP contribution in [0.4, 0.5) is 17.1 Å². The zero-order chi connectivity index (χ0) is 16.3. The summed E-state index contributed by atoms with van der Waals surface area (Å²) < 4.78 is 0. The highest BCUT2D eigenvalue weighted by Gasteiger charge is 2.10. The van der Waals surface area contributed by atoms with Crippen molar-refractivity contribution in [3.05, 3.63) is 63.2 Å². The number of anilines is 2. The molecule has 2 rings (SSSR count). The lowest BCUT2D eigenvalue weighted by Gasteiger charge is -2.15. The van der Waals surface area contributed by atoms with E-state index in [0.29, 0.717) is 5.11 Å². The Kier molecular flexibility index (Phi) is 4.72. The summed E-state index contributed by atoms with van der Waals surface area (Å²) in [6.07, 6.45) is 0. The summed E-state index contributed by atoms with van der Waals surface area (Å²) in [6.45, 7) is 5.82. The van der Waals surface area contributed by atoms with Crippen LogP contribution in [0.1, 0.15) is 16.7 Å². The van der Waals surface area contributed by atoms with E-state index >= 15 is 0 Å². The number of para-hydroxylation sites is 1. The number of nitrogens with one attached hydrogen (secondary N) is 2. The maximum atomic E-state index is 10.7. The number of rotatable bonds is 3. The van der Waals surface area contributed by atoms with Crippen molar-refractivity contribution in [3.63, 3.8) is 0 Å². The summed E-state index contributed by atoms with van der Waals surface area (Å²) in [7, 11) is 0. The number of nitro groups is 1. The van der Waals surface area contributed by atoms with Crippen LogP contribution in [-0.2, 0) is 0 Å². The number of hydrogen-bond donors (Lipinski definition) is 2. The standard InChI is InChI=1S/C16H17N3O2S/c1-10-5-4-6-11(2)15(10)18-16(22)17-14-8-7-13(19(20)21)9-12(14)3/h4-9H,1-3H3,(H2,17,18,22). The Morgan fingerprint density at radius 2 is 1.68 bits per heavy atom. The third kappa shape index (κ3) is 3.59. The lowest BCUT2D eigenvalue weighted by Crippen LogP contribution is -2.20. The molecule has 0 heterocycles. The van der Waals surface area contributed by atoms with Gasteiger partial charge in [0.05, 0.1) is 4.92 Å². The van der Waals surface area contributed by atoms with E-state index in [1.165, 1.54) is 12.1 Å². The molecule has 0 aromatic heterocycles. The predicted octanol–water partition coefficient (Wildman–Crippen LogP) is 4.33. The van der Waals surface area contributed by atoms with E-state index in [4.69, 9.17) is 12.2 Å². The van der Waals surface area contributed by atoms with Gasteiger partial charge < -0.3 is 10.6 Å². The molecule has 2 aromatic carbocycles. The molecular weight excluding hydrogens is 298 g/mol. The van der Waals surface area contributed by atoms with Crippen LogP contribution in [0.15, 0.2) is 36.4 Å². The monoisotopic (exact) mass is 315 g/mol. The molecule has 22 heavy (non-hydrogen) atoms. The molecular formula is C16H17N3O2S. The molecule has 0 unspecified atom stereocenters. The average Bonchev–Trinajstić information content (AvgIpc) is 2.45. The van der Waals surface area contributed by atoms with Crippen LogP contribution >= 0.6 is 12.2 Å². The SMILES string of the molecule is Cc1cc([N+](=O)[O-])ccc1NC(=S)Nc1c(C)cccc1C. The Hall–Kier alpha value is -2.47. The minimum absolute atomic E-state index is 0.0664. The number of benzene rings is 2. The first-order chi connectivity index (χ1) is 10.4. The van der Waals surface area contributed by atoms with Crippen molar-refractivity contribution < 1.29 is 4.92 Å². The second-order valence-corrected chi connectivity index (χ2v) is 5.51.